The lowest BCUT2D eigenvalue weighted by Gasteiger charge is -2.22. The Kier molecular flexibility index (Phi) is 10.2. The first kappa shape index (κ1) is 27.3. The number of carbonyl (C=O) groups excluding carboxylic acids is 1. The van der Waals surface area contributed by atoms with Gasteiger partial charge in [-0.1, -0.05) is 19.1 Å². The summed E-state index contributed by atoms with van der Waals surface area (Å²) in [5, 5.41) is 25.3. The number of pyridine rings is 1. The fourth-order valence-corrected chi connectivity index (χ4v) is 3.69. The van der Waals surface area contributed by atoms with Gasteiger partial charge in [-0.25, -0.2) is 15.9 Å². The molecule has 1 heterocycles. The number of aromatic nitrogens is 1. The van der Waals surface area contributed by atoms with Gasteiger partial charge < -0.3 is 16.2 Å². The minimum absolute atomic E-state index is 0.0452. The largest absolute Gasteiger partial charge is 0.481 e. The molecule has 0 bridgehead atoms. The number of nitrogens with one attached hydrogen (secondary N) is 1. The molecular formula is C25H33N7O3. The van der Waals surface area contributed by atoms with Crippen molar-refractivity contribution in [2.45, 2.75) is 46.1 Å². The second kappa shape index (κ2) is 13.1. The van der Waals surface area contributed by atoms with E-state index in [1.54, 1.807) is 44.3 Å². The zero-order valence-corrected chi connectivity index (χ0v) is 20.4. The van der Waals surface area contributed by atoms with Gasteiger partial charge in [0.1, 0.15) is 5.69 Å². The van der Waals surface area contributed by atoms with Crippen molar-refractivity contribution >= 4 is 17.7 Å². The van der Waals surface area contributed by atoms with Gasteiger partial charge in [-0.2, -0.15) is 5.26 Å². The van der Waals surface area contributed by atoms with Crippen molar-refractivity contribution < 1.29 is 14.7 Å². The van der Waals surface area contributed by atoms with Crippen molar-refractivity contribution in [2.24, 2.45) is 28.5 Å². The van der Waals surface area contributed by atoms with Crippen LogP contribution >= 0.6 is 0 Å². The molecule has 186 valence electrons. The third-order valence-electron chi connectivity index (χ3n) is 5.62. The van der Waals surface area contributed by atoms with Gasteiger partial charge in [0, 0.05) is 24.8 Å². The van der Waals surface area contributed by atoms with Crippen molar-refractivity contribution in [3.05, 3.63) is 64.5 Å². The van der Waals surface area contributed by atoms with Crippen LogP contribution < -0.4 is 16.9 Å². The molecule has 10 heteroatoms. The Hall–Kier alpha value is -3.97. The van der Waals surface area contributed by atoms with Gasteiger partial charge >= 0.3 is 5.97 Å². The van der Waals surface area contributed by atoms with Crippen LogP contribution in [-0.4, -0.2) is 40.0 Å². The van der Waals surface area contributed by atoms with Gasteiger partial charge in [0.05, 0.1) is 17.6 Å². The molecule has 0 aliphatic heterocycles. The first-order valence-corrected chi connectivity index (χ1v) is 11.4. The molecule has 0 atom stereocenters. The molecule has 1 amide bonds. The highest BCUT2D eigenvalue weighted by Crippen LogP contribution is 2.28. The molecule has 1 aromatic heterocycles. The number of nitriles is 1. The zero-order valence-electron chi connectivity index (χ0n) is 20.4. The molecule has 0 spiro atoms. The molecule has 0 unspecified atom stereocenters. The second-order valence-electron chi connectivity index (χ2n) is 8.73. The Labute approximate surface area is 205 Å². The lowest BCUT2D eigenvalue weighted by Crippen LogP contribution is -2.27. The predicted octanol–water partition coefficient (Wildman–Crippen LogP) is 2.51. The number of aryl methyl sites for hydroxylation is 1. The molecule has 0 radical (unpaired) electrons. The zero-order chi connectivity index (χ0) is 26.0. The molecule has 0 saturated heterocycles. The molecule has 1 saturated carbocycles. The number of aliphatic carboxylic acids is 1. The first-order valence-electron chi connectivity index (χ1n) is 11.4. The van der Waals surface area contributed by atoms with Gasteiger partial charge in [-0.05, 0) is 68.4 Å². The minimum atomic E-state index is -0.605. The maximum atomic E-state index is 12.4. The second-order valence-corrected chi connectivity index (χ2v) is 8.73. The van der Waals surface area contributed by atoms with Crippen LogP contribution in [0, 0.1) is 30.1 Å². The normalized spacial score (nSPS) is 17.4. The van der Waals surface area contributed by atoms with Gasteiger partial charge in [-0.3, -0.25) is 9.59 Å². The van der Waals surface area contributed by atoms with E-state index in [0.29, 0.717) is 16.8 Å². The average Bonchev–Trinajstić information content (AvgIpc) is 2.82. The number of carboxylic acids is 1. The van der Waals surface area contributed by atoms with E-state index in [9.17, 15) is 9.59 Å². The number of carbonyl (C=O) groups is 2. The molecule has 1 aromatic carbocycles. The smallest absolute Gasteiger partial charge is 0.306 e. The third kappa shape index (κ3) is 9.06. The number of hydrogen-bond donors (Lipinski definition) is 4. The summed E-state index contributed by atoms with van der Waals surface area (Å²) in [6.07, 6.45) is 3.96. The van der Waals surface area contributed by atoms with Crippen LogP contribution in [0.15, 0.2) is 41.5 Å². The summed E-state index contributed by atoms with van der Waals surface area (Å²) in [7, 11) is 1.55. The molecule has 1 aliphatic carbocycles. The summed E-state index contributed by atoms with van der Waals surface area (Å²) >= 11 is 0. The topological polar surface area (TPSA) is 171 Å². The van der Waals surface area contributed by atoms with E-state index in [2.05, 4.69) is 28.4 Å². The van der Waals surface area contributed by atoms with Crippen molar-refractivity contribution in [3.8, 4) is 6.07 Å². The highest BCUT2D eigenvalue weighted by molar-refractivity contribution is 6.00. The van der Waals surface area contributed by atoms with Crippen molar-refractivity contribution in [3.63, 3.8) is 0 Å². The number of carboxylic acid groups (broad SMARTS) is 1. The van der Waals surface area contributed by atoms with Crippen molar-refractivity contribution in [1.82, 2.24) is 15.4 Å². The number of rotatable bonds is 6. The maximum Gasteiger partial charge on any atom is 0.306 e. The van der Waals surface area contributed by atoms with Crippen LogP contribution in [0.5, 0.6) is 0 Å². The quantitative estimate of drug-likeness (QED) is 0.212. The van der Waals surface area contributed by atoms with Crippen molar-refractivity contribution in [1.29, 1.82) is 5.26 Å². The highest BCUT2D eigenvalue weighted by Gasteiger charge is 2.23. The Bertz CT molecular complexity index is 1100. The van der Waals surface area contributed by atoms with Gasteiger partial charge in [0.2, 0.25) is 0 Å². The lowest BCUT2D eigenvalue weighted by molar-refractivity contribution is -0.143. The van der Waals surface area contributed by atoms with Crippen LogP contribution in [0.4, 0.5) is 0 Å². The monoisotopic (exact) mass is 479 g/mol. The maximum absolute atomic E-state index is 12.4. The van der Waals surface area contributed by atoms with E-state index in [4.69, 9.17) is 21.9 Å². The van der Waals surface area contributed by atoms with Gasteiger partial charge in [0.15, 0.2) is 5.84 Å². The Morgan fingerprint density at radius 2 is 1.94 bits per heavy atom. The number of hydrogen-bond acceptors (Lipinski definition) is 7. The Balaban J connectivity index is 0.000000360. The van der Waals surface area contributed by atoms with Crippen LogP contribution in [0.3, 0.4) is 0 Å². The molecular weight excluding hydrogens is 446 g/mol. The first-order chi connectivity index (χ1) is 16.6. The molecule has 10 nitrogen and oxygen atoms in total. The Morgan fingerprint density at radius 3 is 2.54 bits per heavy atom. The third-order valence-corrected chi connectivity index (χ3v) is 5.62. The van der Waals surface area contributed by atoms with Gasteiger partial charge in [-0.15, -0.1) is 5.10 Å². The number of amides is 1. The van der Waals surface area contributed by atoms with E-state index in [1.165, 1.54) is 0 Å². The summed E-state index contributed by atoms with van der Waals surface area (Å²) in [5.74, 6) is 5.39. The van der Waals surface area contributed by atoms with E-state index < -0.39 is 5.97 Å². The number of nitrogens with two attached hydrogens (primary N) is 2. The minimum Gasteiger partial charge on any atom is -0.481 e. The Morgan fingerprint density at radius 1 is 1.26 bits per heavy atom. The summed E-state index contributed by atoms with van der Waals surface area (Å²) < 4.78 is 0. The number of hydrazine groups is 1. The fraction of sp³-hybridized carbons (Fsp3) is 0.400. The van der Waals surface area contributed by atoms with E-state index in [-0.39, 0.29) is 29.9 Å². The number of nitrogens with zero attached hydrogens (tertiary/aromatic N) is 4. The van der Waals surface area contributed by atoms with E-state index in [0.717, 1.165) is 42.3 Å². The van der Waals surface area contributed by atoms with Crippen LogP contribution in [0.2, 0.25) is 0 Å². The van der Waals surface area contributed by atoms with Crippen LogP contribution in [0.1, 0.15) is 65.5 Å². The molecule has 3 rings (SSSR count). The number of hydrazone groups is 1. The molecule has 2 aromatic rings. The van der Waals surface area contributed by atoms with Crippen molar-refractivity contribution in [2.75, 3.05) is 7.05 Å². The summed E-state index contributed by atoms with van der Waals surface area (Å²) in [5.41, 5.74) is 8.65. The molecule has 1 aliphatic rings. The van der Waals surface area contributed by atoms with Crippen LogP contribution in [0.25, 0.3) is 0 Å². The van der Waals surface area contributed by atoms with E-state index >= 15 is 0 Å². The fourth-order valence-electron chi connectivity index (χ4n) is 3.69. The average molecular weight is 480 g/mol. The molecule has 6 N–H and O–H groups in total. The summed E-state index contributed by atoms with van der Waals surface area (Å²) in [4.78, 5) is 27.0. The standard InChI is InChI=1S/C17H19N7O.C8H14O2/c1-11-6-14(16(19)23-24(2)20)8-15(22-11)17(25)21-10-13-5-3-4-12(7-13)9-18;1-6-2-4-7(5-3-6)8(9)10/h3-8H,10,20H2,1-2H3,(H2,19,23)(H,21,25);6-7H,2-5H2,1H3,(H,9,10). The molecule has 35 heavy (non-hydrogen) atoms. The summed E-state index contributed by atoms with van der Waals surface area (Å²) in [6, 6.07) is 12.4. The SMILES string of the molecule is CC1CCC(C(=O)O)CC1.Cc1cc(/C(N)=N/N(C)N)cc(C(=O)NCc2cccc(C#N)c2)n1. The van der Waals surface area contributed by atoms with E-state index in [1.807, 2.05) is 6.07 Å². The lowest BCUT2D eigenvalue weighted by atomic mass is 9.83. The highest BCUT2D eigenvalue weighted by atomic mass is 16.4. The van der Waals surface area contributed by atoms with Gasteiger partial charge in [0.25, 0.3) is 5.91 Å². The summed E-state index contributed by atoms with van der Waals surface area (Å²) in [6.45, 7) is 4.24. The number of benzene rings is 1. The predicted molar refractivity (Wildman–Crippen MR) is 133 cm³/mol. The molecule has 1 fully saturated rings. The number of amidine groups is 1. The van der Waals surface area contributed by atoms with Crippen LogP contribution in [-0.2, 0) is 11.3 Å².